The first-order valence-electron chi connectivity index (χ1n) is 9.05. The Hall–Kier alpha value is -3.09. The number of nitriles is 1. The third-order valence-electron chi connectivity index (χ3n) is 4.19. The van der Waals surface area contributed by atoms with Gasteiger partial charge in [0.15, 0.2) is 5.13 Å². The highest BCUT2D eigenvalue weighted by molar-refractivity contribution is 8.02. The molecule has 1 fully saturated rings. The molecular weight excluding hydrogens is 478 g/mol. The van der Waals surface area contributed by atoms with E-state index in [1.165, 1.54) is 34.5 Å². The summed E-state index contributed by atoms with van der Waals surface area (Å²) in [5.74, 6) is -1.87. The number of aromatic nitrogens is 2. The Morgan fingerprint density at radius 3 is 2.97 bits per heavy atom. The number of carbonyl (C=O) groups is 3. The van der Waals surface area contributed by atoms with Crippen LogP contribution in [0.25, 0.3) is 0 Å². The number of carbonyl (C=O) groups excluding carboxylic acids is 2. The van der Waals surface area contributed by atoms with E-state index in [0.29, 0.717) is 17.1 Å². The molecule has 4 N–H and O–H groups in total. The van der Waals surface area contributed by atoms with E-state index in [2.05, 4.69) is 19.8 Å². The fourth-order valence-electron chi connectivity index (χ4n) is 2.88. The molecule has 1 aromatic heterocycles. The van der Waals surface area contributed by atoms with E-state index >= 15 is 0 Å². The van der Waals surface area contributed by atoms with Gasteiger partial charge in [0.2, 0.25) is 11.5 Å². The van der Waals surface area contributed by atoms with E-state index in [4.69, 9.17) is 15.8 Å². The molecule has 1 unspecified atom stereocenters. The summed E-state index contributed by atoms with van der Waals surface area (Å²) >= 11 is 3.47. The maximum atomic E-state index is 12.8. The number of allylic oxidation sites excluding steroid dienone is 1. The fraction of sp³-hybridized carbons (Fsp3) is 0.353. The van der Waals surface area contributed by atoms with Crippen LogP contribution < -0.4 is 11.1 Å². The largest absolute Gasteiger partial charge is 0.477 e. The Kier molecular flexibility index (Phi) is 7.72. The Morgan fingerprint density at radius 1 is 1.56 bits per heavy atom. The number of carboxylic acids is 1. The van der Waals surface area contributed by atoms with Crippen LogP contribution in [0.5, 0.6) is 0 Å². The van der Waals surface area contributed by atoms with Crippen molar-refractivity contribution in [1.29, 1.82) is 5.26 Å². The zero-order valence-electron chi connectivity index (χ0n) is 16.5. The number of carboxylic acid groups (broad SMARTS) is 1. The zero-order valence-corrected chi connectivity index (χ0v) is 19.0. The van der Waals surface area contributed by atoms with Gasteiger partial charge in [-0.15, -0.1) is 23.5 Å². The molecule has 0 saturated carbocycles. The summed E-state index contributed by atoms with van der Waals surface area (Å²) in [6.07, 6.45) is 1.29. The SMILES string of the molecule is CCON=C(C(=O)NC1C(=O)N2C(C(=O)O)=C(CS/C=C/C#N)CS[C@H]12)c1nsc(N)n1. The maximum absolute atomic E-state index is 12.8. The van der Waals surface area contributed by atoms with Crippen molar-refractivity contribution in [3.05, 3.63) is 28.6 Å². The van der Waals surface area contributed by atoms with Crippen molar-refractivity contribution in [3.63, 3.8) is 0 Å². The highest BCUT2D eigenvalue weighted by Crippen LogP contribution is 2.41. The highest BCUT2D eigenvalue weighted by Gasteiger charge is 2.54. The first-order chi connectivity index (χ1) is 15.4. The van der Waals surface area contributed by atoms with Crippen LogP contribution in [-0.2, 0) is 19.2 Å². The number of nitrogens with two attached hydrogens (primary N) is 1. The smallest absolute Gasteiger partial charge is 0.352 e. The van der Waals surface area contributed by atoms with Gasteiger partial charge in [0.1, 0.15) is 23.7 Å². The lowest BCUT2D eigenvalue weighted by atomic mass is 10.0. The number of amides is 2. The molecule has 0 radical (unpaired) electrons. The maximum Gasteiger partial charge on any atom is 0.352 e. The monoisotopic (exact) mass is 495 g/mol. The number of hydrogen-bond acceptors (Lipinski definition) is 12. The Bertz CT molecular complexity index is 1060. The van der Waals surface area contributed by atoms with Crippen LogP contribution in [0.2, 0.25) is 0 Å². The number of nitrogen functional groups attached to an aromatic ring is 1. The summed E-state index contributed by atoms with van der Waals surface area (Å²) in [5, 5.41) is 25.6. The number of β-lactam (4-membered cyclic amide) rings is 1. The summed E-state index contributed by atoms with van der Waals surface area (Å²) in [5.41, 5.74) is 5.80. The molecule has 1 saturated heterocycles. The number of oxime groups is 1. The first-order valence-corrected chi connectivity index (χ1v) is 11.9. The molecule has 2 aliphatic heterocycles. The third-order valence-corrected chi connectivity index (χ3v) is 6.91. The molecule has 3 heterocycles. The summed E-state index contributed by atoms with van der Waals surface area (Å²) in [4.78, 5) is 47.4. The molecule has 32 heavy (non-hydrogen) atoms. The number of fused-ring (bicyclic) bond motifs is 1. The Labute approximate surface area is 194 Å². The number of thioether (sulfide) groups is 2. The summed E-state index contributed by atoms with van der Waals surface area (Å²) < 4.78 is 3.95. The van der Waals surface area contributed by atoms with E-state index in [1.807, 2.05) is 6.07 Å². The molecule has 1 aromatic rings. The fourth-order valence-corrected chi connectivity index (χ4v) is 5.48. The molecule has 15 heteroatoms. The van der Waals surface area contributed by atoms with E-state index in [9.17, 15) is 19.5 Å². The van der Waals surface area contributed by atoms with Crippen molar-refractivity contribution in [2.24, 2.45) is 5.16 Å². The van der Waals surface area contributed by atoms with Gasteiger partial charge in [0.25, 0.3) is 11.8 Å². The molecule has 168 valence electrons. The number of aliphatic carboxylic acids is 1. The lowest BCUT2D eigenvalue weighted by Crippen LogP contribution is -2.71. The third kappa shape index (κ3) is 4.87. The zero-order chi connectivity index (χ0) is 23.3. The van der Waals surface area contributed by atoms with E-state index in [-0.39, 0.29) is 29.0 Å². The molecule has 3 rings (SSSR count). The van der Waals surface area contributed by atoms with Gasteiger partial charge in [0.05, 0.1) is 6.07 Å². The van der Waals surface area contributed by atoms with Crippen LogP contribution in [0.4, 0.5) is 5.13 Å². The minimum absolute atomic E-state index is 0.0331. The summed E-state index contributed by atoms with van der Waals surface area (Å²) in [6, 6.07) is 0.908. The van der Waals surface area contributed by atoms with Gasteiger partial charge in [-0.1, -0.05) is 5.16 Å². The van der Waals surface area contributed by atoms with Crippen molar-refractivity contribution in [3.8, 4) is 6.07 Å². The predicted octanol–water partition coefficient (Wildman–Crippen LogP) is 0.370. The first kappa shape index (κ1) is 23.6. The lowest BCUT2D eigenvalue weighted by Gasteiger charge is -2.49. The number of nitrogens with one attached hydrogen (secondary N) is 1. The van der Waals surface area contributed by atoms with Crippen molar-refractivity contribution in [1.82, 2.24) is 19.6 Å². The van der Waals surface area contributed by atoms with E-state index in [0.717, 1.165) is 11.5 Å². The van der Waals surface area contributed by atoms with E-state index < -0.39 is 29.2 Å². The predicted molar refractivity (Wildman–Crippen MR) is 119 cm³/mol. The van der Waals surface area contributed by atoms with Crippen molar-refractivity contribution in [2.45, 2.75) is 18.3 Å². The molecular formula is C17H17N7O5S3. The van der Waals surface area contributed by atoms with Crippen molar-refractivity contribution in [2.75, 3.05) is 23.8 Å². The molecule has 2 atom stereocenters. The van der Waals surface area contributed by atoms with Gasteiger partial charge in [-0.3, -0.25) is 14.5 Å². The highest BCUT2D eigenvalue weighted by atomic mass is 32.2. The number of anilines is 1. The van der Waals surface area contributed by atoms with Gasteiger partial charge in [-0.2, -0.15) is 14.6 Å². The topological polar surface area (TPSA) is 184 Å². The molecule has 0 bridgehead atoms. The Morgan fingerprint density at radius 2 is 2.34 bits per heavy atom. The number of hydrogen-bond donors (Lipinski definition) is 3. The molecule has 2 amide bonds. The van der Waals surface area contributed by atoms with Gasteiger partial charge < -0.3 is 21.0 Å². The normalized spacial score (nSPS) is 20.6. The molecule has 0 spiro atoms. The summed E-state index contributed by atoms with van der Waals surface area (Å²) in [7, 11) is 0. The quantitative estimate of drug-likeness (QED) is 0.186. The second-order valence-corrected chi connectivity index (χ2v) is 8.96. The second-order valence-electron chi connectivity index (χ2n) is 6.17. The van der Waals surface area contributed by atoms with E-state index in [1.54, 1.807) is 12.3 Å². The van der Waals surface area contributed by atoms with Crippen LogP contribution in [0.15, 0.2) is 27.9 Å². The van der Waals surface area contributed by atoms with Crippen molar-refractivity contribution < 1.29 is 24.3 Å². The van der Waals surface area contributed by atoms with Gasteiger partial charge >= 0.3 is 5.97 Å². The lowest BCUT2D eigenvalue weighted by molar-refractivity contribution is -0.150. The van der Waals surface area contributed by atoms with Crippen LogP contribution in [0.1, 0.15) is 12.7 Å². The van der Waals surface area contributed by atoms with Crippen molar-refractivity contribution >= 4 is 63.7 Å². The van der Waals surface area contributed by atoms with Crippen LogP contribution in [0, 0.1) is 11.3 Å². The van der Waals surface area contributed by atoms with Gasteiger partial charge in [-0.05, 0) is 17.9 Å². The Balaban J connectivity index is 1.76. The molecule has 0 aliphatic carbocycles. The summed E-state index contributed by atoms with van der Waals surface area (Å²) in [6.45, 7) is 1.88. The van der Waals surface area contributed by atoms with Crippen LogP contribution in [0.3, 0.4) is 0 Å². The molecule has 12 nitrogen and oxygen atoms in total. The average Bonchev–Trinajstić information content (AvgIpc) is 3.20. The number of rotatable bonds is 9. The average molecular weight is 496 g/mol. The van der Waals surface area contributed by atoms with Gasteiger partial charge in [0, 0.05) is 29.1 Å². The van der Waals surface area contributed by atoms with Crippen LogP contribution in [-0.4, -0.2) is 72.4 Å². The van der Waals surface area contributed by atoms with Crippen LogP contribution >= 0.6 is 35.1 Å². The molecule has 2 aliphatic rings. The van der Waals surface area contributed by atoms with Gasteiger partial charge in [-0.25, -0.2) is 4.79 Å². The second kappa shape index (κ2) is 10.5. The number of nitrogens with zero attached hydrogens (tertiary/aromatic N) is 5. The minimum Gasteiger partial charge on any atom is -0.477 e. The minimum atomic E-state index is -1.23. The standard InChI is InChI=1S/C17H17N7O5S3/c1-2-29-22-9(12-21-17(19)32-23-12)13(25)20-10-14(26)24-11(16(27)28)8(7-31-15(10)24)6-30-5-3-4-18/h3,5,10,15H,2,6-7H2,1H3,(H,20,25)(H,27,28)(H2,19,21,23)/b5-3+,22-9?/t10?,15-/m1/s1. The molecule has 0 aromatic carbocycles.